The van der Waals surface area contributed by atoms with Gasteiger partial charge < -0.3 is 14.5 Å². The van der Waals surface area contributed by atoms with E-state index in [-0.39, 0.29) is 23.8 Å². The number of nitrogens with zero attached hydrogens (tertiary/aromatic N) is 4. The number of carbonyl (C=O) groups excluding carboxylic acids is 1. The SMILES string of the molecule is CCc1nc(Cl)nc2c1N(C)C(=O)CN2CC(C)OC. The molecule has 2 rings (SSSR count). The lowest BCUT2D eigenvalue weighted by atomic mass is 10.1. The molecule has 0 fully saturated rings. The molecule has 0 spiro atoms. The molecular formula is C13H19ClN4O2. The number of halogens is 1. The largest absolute Gasteiger partial charge is 0.380 e. The number of likely N-dealkylation sites (N-methyl/N-ethyl adjacent to an activating group) is 1. The zero-order chi connectivity index (χ0) is 14.9. The van der Waals surface area contributed by atoms with Gasteiger partial charge in [0.1, 0.15) is 5.69 Å². The summed E-state index contributed by atoms with van der Waals surface area (Å²) in [4.78, 5) is 24.2. The molecule has 1 aliphatic heterocycles. The quantitative estimate of drug-likeness (QED) is 0.789. The lowest BCUT2D eigenvalue weighted by Gasteiger charge is -2.36. The molecule has 1 atom stereocenters. The second-order valence-corrected chi connectivity index (χ2v) is 5.18. The van der Waals surface area contributed by atoms with Crippen LogP contribution in [0.2, 0.25) is 5.28 Å². The number of methoxy groups -OCH3 is 1. The van der Waals surface area contributed by atoms with Gasteiger partial charge in [0, 0.05) is 20.7 Å². The topological polar surface area (TPSA) is 58.6 Å². The fraction of sp³-hybridized carbons (Fsp3) is 0.615. The van der Waals surface area contributed by atoms with Gasteiger partial charge in [-0.3, -0.25) is 4.79 Å². The van der Waals surface area contributed by atoms with Crippen molar-refractivity contribution in [2.45, 2.75) is 26.4 Å². The lowest BCUT2D eigenvalue weighted by molar-refractivity contribution is -0.117. The molecule has 6 nitrogen and oxygen atoms in total. The van der Waals surface area contributed by atoms with Gasteiger partial charge in [-0.2, -0.15) is 4.98 Å². The Labute approximate surface area is 123 Å². The molecule has 0 saturated carbocycles. The maximum atomic E-state index is 12.1. The molecule has 0 radical (unpaired) electrons. The number of aromatic nitrogens is 2. The van der Waals surface area contributed by atoms with E-state index in [9.17, 15) is 4.79 Å². The van der Waals surface area contributed by atoms with Crippen molar-refractivity contribution in [1.82, 2.24) is 9.97 Å². The second-order valence-electron chi connectivity index (χ2n) is 4.84. The normalized spacial score (nSPS) is 16.4. The Morgan fingerprint density at radius 3 is 2.75 bits per heavy atom. The maximum absolute atomic E-state index is 12.1. The van der Waals surface area contributed by atoms with E-state index in [0.29, 0.717) is 18.8 Å². The van der Waals surface area contributed by atoms with Gasteiger partial charge in [0.05, 0.1) is 18.3 Å². The Kier molecular flexibility index (Phi) is 4.45. The smallest absolute Gasteiger partial charge is 0.246 e. The number of hydrogen-bond acceptors (Lipinski definition) is 5. The van der Waals surface area contributed by atoms with Crippen molar-refractivity contribution in [1.29, 1.82) is 0 Å². The number of rotatable bonds is 4. The van der Waals surface area contributed by atoms with E-state index in [1.165, 1.54) is 0 Å². The molecular weight excluding hydrogens is 280 g/mol. The van der Waals surface area contributed by atoms with E-state index < -0.39 is 0 Å². The van der Waals surface area contributed by atoms with E-state index in [0.717, 1.165) is 11.4 Å². The number of ether oxygens (including phenoxy) is 1. The van der Waals surface area contributed by atoms with Crippen LogP contribution in [0.1, 0.15) is 19.5 Å². The molecule has 20 heavy (non-hydrogen) atoms. The summed E-state index contributed by atoms with van der Waals surface area (Å²) in [6, 6.07) is 0. The Balaban J connectivity index is 2.49. The highest BCUT2D eigenvalue weighted by atomic mass is 35.5. The third-order valence-corrected chi connectivity index (χ3v) is 3.63. The fourth-order valence-electron chi connectivity index (χ4n) is 2.27. The molecule has 0 N–H and O–H groups in total. The first-order chi connectivity index (χ1) is 9.47. The average molecular weight is 299 g/mol. The molecule has 0 aliphatic carbocycles. The van der Waals surface area contributed by atoms with Crippen LogP contribution in [-0.2, 0) is 16.0 Å². The number of hydrogen-bond donors (Lipinski definition) is 0. The highest BCUT2D eigenvalue weighted by molar-refractivity contribution is 6.28. The molecule has 1 aliphatic rings. The van der Waals surface area contributed by atoms with Crippen molar-refractivity contribution in [2.75, 3.05) is 37.0 Å². The first kappa shape index (κ1) is 15.0. The van der Waals surface area contributed by atoms with Gasteiger partial charge in [-0.1, -0.05) is 6.92 Å². The maximum Gasteiger partial charge on any atom is 0.246 e. The van der Waals surface area contributed by atoms with Crippen molar-refractivity contribution in [2.24, 2.45) is 0 Å². The Hall–Kier alpha value is -1.40. The number of carbonyl (C=O) groups is 1. The minimum absolute atomic E-state index is 0.00197. The minimum atomic E-state index is -0.00197. The molecule has 1 unspecified atom stereocenters. The van der Waals surface area contributed by atoms with Crippen molar-refractivity contribution < 1.29 is 9.53 Å². The lowest BCUT2D eigenvalue weighted by Crippen LogP contribution is -2.47. The zero-order valence-corrected chi connectivity index (χ0v) is 12.9. The first-order valence-corrected chi connectivity index (χ1v) is 6.96. The van der Waals surface area contributed by atoms with Gasteiger partial charge in [-0.15, -0.1) is 0 Å². The highest BCUT2D eigenvalue weighted by Gasteiger charge is 2.31. The summed E-state index contributed by atoms with van der Waals surface area (Å²) >= 11 is 6.00. The van der Waals surface area contributed by atoms with Gasteiger partial charge in [-0.05, 0) is 24.9 Å². The van der Waals surface area contributed by atoms with E-state index in [4.69, 9.17) is 16.3 Å². The van der Waals surface area contributed by atoms with Gasteiger partial charge >= 0.3 is 0 Å². The highest BCUT2D eigenvalue weighted by Crippen LogP contribution is 2.34. The predicted octanol–water partition coefficient (Wildman–Crippen LogP) is 1.51. The molecule has 2 heterocycles. The van der Waals surface area contributed by atoms with Crippen molar-refractivity contribution >= 4 is 29.0 Å². The molecule has 7 heteroatoms. The monoisotopic (exact) mass is 298 g/mol. The average Bonchev–Trinajstić information content (AvgIpc) is 2.43. The van der Waals surface area contributed by atoms with Crippen LogP contribution in [0.3, 0.4) is 0 Å². The summed E-state index contributed by atoms with van der Waals surface area (Å²) in [5, 5.41) is 0.207. The molecule has 110 valence electrons. The summed E-state index contributed by atoms with van der Waals surface area (Å²) in [5.74, 6) is 0.717. The van der Waals surface area contributed by atoms with Gasteiger partial charge in [0.25, 0.3) is 0 Å². The number of aryl methyl sites for hydroxylation is 1. The summed E-state index contributed by atoms with van der Waals surface area (Å²) in [6.07, 6.45) is 0.688. The molecule has 1 amide bonds. The van der Waals surface area contributed by atoms with Crippen molar-refractivity contribution in [3.05, 3.63) is 11.0 Å². The van der Waals surface area contributed by atoms with Crippen LogP contribution >= 0.6 is 11.6 Å². The Morgan fingerprint density at radius 2 is 2.15 bits per heavy atom. The van der Waals surface area contributed by atoms with Crippen LogP contribution in [0.4, 0.5) is 11.5 Å². The zero-order valence-electron chi connectivity index (χ0n) is 12.2. The van der Waals surface area contributed by atoms with Crippen LogP contribution in [0.25, 0.3) is 0 Å². The van der Waals surface area contributed by atoms with Crippen molar-refractivity contribution in [3.63, 3.8) is 0 Å². The number of amides is 1. The van der Waals surface area contributed by atoms with Gasteiger partial charge in [-0.25, -0.2) is 4.98 Å². The van der Waals surface area contributed by atoms with Crippen LogP contribution in [0, 0.1) is 0 Å². The third-order valence-electron chi connectivity index (χ3n) is 3.46. The number of fused-ring (bicyclic) bond motifs is 1. The predicted molar refractivity (Wildman–Crippen MR) is 78.5 cm³/mol. The van der Waals surface area contributed by atoms with Crippen LogP contribution < -0.4 is 9.80 Å². The van der Waals surface area contributed by atoms with Gasteiger partial charge in [0.2, 0.25) is 11.2 Å². The summed E-state index contributed by atoms with van der Waals surface area (Å²) < 4.78 is 5.27. The standard InChI is InChI=1S/C13H19ClN4O2/c1-5-9-11-12(16-13(14)15-9)18(6-8(2)20-4)7-10(19)17(11)3/h8H,5-7H2,1-4H3. The third kappa shape index (κ3) is 2.71. The Bertz CT molecular complexity index is 523. The van der Waals surface area contributed by atoms with E-state index in [1.807, 2.05) is 18.7 Å². The van der Waals surface area contributed by atoms with E-state index >= 15 is 0 Å². The van der Waals surface area contributed by atoms with Crippen LogP contribution in [0.15, 0.2) is 0 Å². The molecule has 1 aromatic rings. The number of anilines is 2. The molecule has 1 aromatic heterocycles. The van der Waals surface area contributed by atoms with Crippen LogP contribution in [0.5, 0.6) is 0 Å². The van der Waals surface area contributed by atoms with E-state index in [2.05, 4.69) is 9.97 Å². The first-order valence-electron chi connectivity index (χ1n) is 6.58. The summed E-state index contributed by atoms with van der Waals surface area (Å²) in [6.45, 7) is 4.78. The molecule has 0 aromatic carbocycles. The molecule has 0 saturated heterocycles. The minimum Gasteiger partial charge on any atom is -0.380 e. The fourth-order valence-corrected chi connectivity index (χ4v) is 2.46. The summed E-state index contributed by atoms with van der Waals surface area (Å²) in [5.41, 5.74) is 1.53. The Morgan fingerprint density at radius 1 is 1.45 bits per heavy atom. The van der Waals surface area contributed by atoms with E-state index in [1.54, 1.807) is 19.1 Å². The van der Waals surface area contributed by atoms with Crippen molar-refractivity contribution in [3.8, 4) is 0 Å². The van der Waals surface area contributed by atoms with Gasteiger partial charge in [0.15, 0.2) is 5.82 Å². The summed E-state index contributed by atoms with van der Waals surface area (Å²) in [7, 11) is 3.39. The van der Waals surface area contributed by atoms with Crippen LogP contribution in [-0.4, -0.2) is 49.2 Å². The second kappa shape index (κ2) is 5.93. The molecule has 0 bridgehead atoms.